The van der Waals surface area contributed by atoms with Crippen molar-refractivity contribution in [3.8, 4) is 0 Å². The van der Waals surface area contributed by atoms with Gasteiger partial charge in [0.2, 0.25) is 5.91 Å². The first kappa shape index (κ1) is 23.8. The Balaban J connectivity index is 1.68. The van der Waals surface area contributed by atoms with E-state index in [0.29, 0.717) is 35.5 Å². The van der Waals surface area contributed by atoms with Crippen LogP contribution in [0.3, 0.4) is 0 Å². The lowest BCUT2D eigenvalue weighted by Gasteiger charge is -2.41. The Hall–Kier alpha value is -3.97. The van der Waals surface area contributed by atoms with Gasteiger partial charge < -0.3 is 19.5 Å². The van der Waals surface area contributed by atoms with Crippen LogP contribution in [0.5, 0.6) is 0 Å². The first-order valence-electron chi connectivity index (χ1n) is 11.9. The van der Waals surface area contributed by atoms with Gasteiger partial charge in [-0.05, 0) is 42.3 Å². The predicted octanol–water partition coefficient (Wildman–Crippen LogP) is 5.19. The zero-order valence-electron chi connectivity index (χ0n) is 20.5. The van der Waals surface area contributed by atoms with Crippen LogP contribution in [0.4, 0.5) is 10.1 Å². The van der Waals surface area contributed by atoms with E-state index in [-0.39, 0.29) is 17.6 Å². The molecule has 0 fully saturated rings. The van der Waals surface area contributed by atoms with E-state index in [4.69, 9.17) is 4.74 Å². The van der Waals surface area contributed by atoms with Crippen LogP contribution in [-0.4, -0.2) is 41.5 Å². The summed E-state index contributed by atoms with van der Waals surface area (Å²) in [5.74, 6) is -1.56. The van der Waals surface area contributed by atoms with Crippen molar-refractivity contribution in [2.45, 2.75) is 18.9 Å². The van der Waals surface area contributed by atoms with Gasteiger partial charge in [0.25, 0.3) is 5.91 Å². The lowest BCUT2D eigenvalue weighted by Crippen LogP contribution is -2.47. The molecule has 4 aromatic rings. The van der Waals surface area contributed by atoms with Crippen LogP contribution in [0, 0.1) is 12.7 Å². The summed E-state index contributed by atoms with van der Waals surface area (Å²) >= 11 is 0. The molecule has 184 valence electrons. The topological polar surface area (TPSA) is 63.6 Å². The van der Waals surface area contributed by atoms with Gasteiger partial charge in [-0.15, -0.1) is 0 Å². The molecule has 7 heteroatoms. The van der Waals surface area contributed by atoms with Crippen LogP contribution in [0.25, 0.3) is 10.9 Å². The van der Waals surface area contributed by atoms with E-state index in [9.17, 15) is 14.0 Å². The minimum Gasteiger partial charge on any atom is -0.383 e. The second-order valence-electron chi connectivity index (χ2n) is 9.17. The summed E-state index contributed by atoms with van der Waals surface area (Å²) in [6.45, 7) is 2.32. The molecule has 2 heterocycles. The Morgan fingerprint density at radius 1 is 1.06 bits per heavy atom. The number of hydrogen-bond acceptors (Lipinski definition) is 3. The number of hydrogen-bond donors (Lipinski definition) is 1. The molecule has 0 spiro atoms. The Labute approximate surface area is 209 Å². The third kappa shape index (κ3) is 4.05. The second kappa shape index (κ2) is 9.59. The van der Waals surface area contributed by atoms with E-state index >= 15 is 0 Å². The van der Waals surface area contributed by atoms with Crippen molar-refractivity contribution in [2.24, 2.45) is 7.05 Å². The Bertz CT molecular complexity index is 1460. The number of benzene rings is 3. The van der Waals surface area contributed by atoms with Gasteiger partial charge in [-0.3, -0.25) is 9.59 Å². The first-order valence-corrected chi connectivity index (χ1v) is 11.9. The average molecular weight is 486 g/mol. The molecule has 2 atom stereocenters. The second-order valence-corrected chi connectivity index (χ2v) is 9.17. The van der Waals surface area contributed by atoms with Crippen LogP contribution in [0.15, 0.2) is 72.9 Å². The molecule has 1 N–H and O–H groups in total. The molecule has 2 amide bonds. The highest BCUT2D eigenvalue weighted by Crippen LogP contribution is 2.45. The molecule has 1 aromatic heterocycles. The van der Waals surface area contributed by atoms with Gasteiger partial charge in [0.1, 0.15) is 5.82 Å². The fourth-order valence-electron chi connectivity index (χ4n) is 5.16. The minimum atomic E-state index is -0.717. The molecule has 5 rings (SSSR count). The molecule has 6 nitrogen and oxygen atoms in total. The summed E-state index contributed by atoms with van der Waals surface area (Å²) in [5, 5.41) is 3.88. The van der Waals surface area contributed by atoms with Crippen LogP contribution in [0.1, 0.15) is 39.0 Å². The van der Waals surface area contributed by atoms with Crippen molar-refractivity contribution >= 4 is 28.4 Å². The third-order valence-corrected chi connectivity index (χ3v) is 6.94. The number of nitrogens with one attached hydrogen (secondary N) is 1. The molecular weight excluding hydrogens is 457 g/mol. The monoisotopic (exact) mass is 485 g/mol. The molecule has 0 saturated carbocycles. The van der Waals surface area contributed by atoms with E-state index in [0.717, 1.165) is 16.5 Å². The summed E-state index contributed by atoms with van der Waals surface area (Å²) in [6, 6.07) is 19.2. The standard InChI is InChI=1S/C29H28FN3O3/c1-18-12-13-19(16-24(18)30)31-28(34)26-21-9-4-5-10-22(21)29(35)33(14-15-36-3)27(26)23-17-32(2)25-11-7-6-8-20(23)25/h4-13,16-17,26-27H,14-15H2,1-3H3,(H,31,34)/t26-,27+/m0/s1. The first-order chi connectivity index (χ1) is 17.4. The normalized spacial score (nSPS) is 17.3. The number of aryl methyl sites for hydroxylation is 2. The molecule has 3 aromatic carbocycles. The fraction of sp³-hybridized carbons (Fsp3) is 0.241. The average Bonchev–Trinajstić information content (AvgIpc) is 3.21. The van der Waals surface area contributed by atoms with Gasteiger partial charge >= 0.3 is 0 Å². The fourth-order valence-corrected chi connectivity index (χ4v) is 5.16. The summed E-state index contributed by atoms with van der Waals surface area (Å²) in [7, 11) is 3.54. The number of ether oxygens (including phenoxy) is 1. The lowest BCUT2D eigenvalue weighted by atomic mass is 9.79. The van der Waals surface area contributed by atoms with Gasteiger partial charge in [-0.25, -0.2) is 4.39 Å². The number of carbonyl (C=O) groups excluding carboxylic acids is 2. The summed E-state index contributed by atoms with van der Waals surface area (Å²) in [6.07, 6.45) is 1.99. The van der Waals surface area contributed by atoms with E-state index in [1.807, 2.05) is 54.2 Å². The number of para-hydroxylation sites is 1. The number of anilines is 1. The Morgan fingerprint density at radius 3 is 2.58 bits per heavy atom. The lowest BCUT2D eigenvalue weighted by molar-refractivity contribution is -0.119. The number of aromatic nitrogens is 1. The molecule has 0 saturated heterocycles. The van der Waals surface area contributed by atoms with Gasteiger partial charge in [-0.2, -0.15) is 0 Å². The summed E-state index contributed by atoms with van der Waals surface area (Å²) < 4.78 is 21.6. The van der Waals surface area contributed by atoms with Crippen molar-refractivity contribution in [2.75, 3.05) is 25.6 Å². The highest BCUT2D eigenvalue weighted by atomic mass is 19.1. The number of rotatable bonds is 6. The van der Waals surface area contributed by atoms with E-state index in [1.165, 1.54) is 6.07 Å². The van der Waals surface area contributed by atoms with E-state index in [1.54, 1.807) is 43.2 Å². The summed E-state index contributed by atoms with van der Waals surface area (Å²) in [5.41, 5.74) is 3.89. The van der Waals surface area contributed by atoms with Crippen LogP contribution < -0.4 is 5.32 Å². The smallest absolute Gasteiger partial charge is 0.254 e. The maximum atomic E-state index is 14.3. The molecule has 0 bridgehead atoms. The van der Waals surface area contributed by atoms with Gasteiger partial charge in [0.05, 0.1) is 18.6 Å². The van der Waals surface area contributed by atoms with Crippen LogP contribution >= 0.6 is 0 Å². The predicted molar refractivity (Wildman–Crippen MR) is 138 cm³/mol. The van der Waals surface area contributed by atoms with E-state index in [2.05, 4.69) is 5.32 Å². The highest BCUT2D eigenvalue weighted by molar-refractivity contribution is 6.05. The maximum absolute atomic E-state index is 14.3. The Morgan fingerprint density at radius 2 is 1.81 bits per heavy atom. The summed E-state index contributed by atoms with van der Waals surface area (Å²) in [4.78, 5) is 29.4. The van der Waals surface area contributed by atoms with Crippen molar-refractivity contribution < 1.29 is 18.7 Å². The van der Waals surface area contributed by atoms with Gasteiger partial charge in [-0.1, -0.05) is 42.5 Å². The van der Waals surface area contributed by atoms with Crippen molar-refractivity contribution in [3.05, 3.63) is 101 Å². The molecule has 1 aliphatic rings. The maximum Gasteiger partial charge on any atom is 0.254 e. The number of fused-ring (bicyclic) bond motifs is 2. The largest absolute Gasteiger partial charge is 0.383 e. The SMILES string of the molecule is COCCN1C(=O)c2ccccc2[C@H](C(=O)Nc2ccc(C)c(F)c2)[C@H]1c1cn(C)c2ccccc12. The molecule has 0 aliphatic carbocycles. The highest BCUT2D eigenvalue weighted by Gasteiger charge is 2.45. The molecule has 36 heavy (non-hydrogen) atoms. The van der Waals surface area contributed by atoms with Crippen molar-refractivity contribution in [1.29, 1.82) is 0 Å². The quantitative estimate of drug-likeness (QED) is 0.409. The number of methoxy groups -OCH3 is 1. The van der Waals surface area contributed by atoms with Crippen molar-refractivity contribution in [1.82, 2.24) is 9.47 Å². The molecule has 1 aliphatic heterocycles. The van der Waals surface area contributed by atoms with Crippen LogP contribution in [0.2, 0.25) is 0 Å². The Kier molecular flexibility index (Phi) is 6.33. The zero-order chi connectivity index (χ0) is 25.4. The number of nitrogens with zero attached hydrogens (tertiary/aromatic N) is 2. The van der Waals surface area contributed by atoms with E-state index < -0.39 is 12.0 Å². The van der Waals surface area contributed by atoms with Gasteiger partial charge in [0, 0.05) is 54.6 Å². The molecular formula is C29H28FN3O3. The van der Waals surface area contributed by atoms with Crippen molar-refractivity contribution in [3.63, 3.8) is 0 Å². The third-order valence-electron chi connectivity index (χ3n) is 6.94. The molecule has 0 radical (unpaired) electrons. The van der Waals surface area contributed by atoms with Gasteiger partial charge in [0.15, 0.2) is 0 Å². The number of carbonyl (C=O) groups is 2. The van der Waals surface area contributed by atoms with Crippen LogP contribution in [-0.2, 0) is 16.6 Å². The molecule has 0 unspecified atom stereocenters. The minimum absolute atomic E-state index is 0.147. The zero-order valence-corrected chi connectivity index (χ0v) is 20.5. The number of amides is 2. The number of halogens is 1.